The van der Waals surface area contributed by atoms with Crippen LogP contribution >= 0.6 is 0 Å². The Morgan fingerprint density at radius 2 is 2.00 bits per heavy atom. The first-order chi connectivity index (χ1) is 16.9. The van der Waals surface area contributed by atoms with Crippen LogP contribution < -0.4 is 15.5 Å². The summed E-state index contributed by atoms with van der Waals surface area (Å²) >= 11 is 0. The number of piperidine rings is 1. The number of imidazole rings is 1. The second-order valence-corrected chi connectivity index (χ2v) is 9.90. The minimum Gasteiger partial charge on any atom is -0.371 e. The number of hydrogen-bond acceptors (Lipinski definition) is 5. The van der Waals surface area contributed by atoms with Crippen molar-refractivity contribution in [3.63, 3.8) is 0 Å². The monoisotopic (exact) mass is 475 g/mol. The van der Waals surface area contributed by atoms with Gasteiger partial charge in [-0.3, -0.25) is 9.48 Å². The van der Waals surface area contributed by atoms with Crippen LogP contribution in [0.25, 0.3) is 16.6 Å². The van der Waals surface area contributed by atoms with E-state index in [2.05, 4.69) is 27.6 Å². The Balaban J connectivity index is 1.33. The standard InChI is InChI=1S/C26H30FN7O/c1-4-34-14-21-23(32(3)19-9-16-5-6-17(10-19)29-16)8-7-20(24(21)31-34)26(35)30-18-11-22(27)25-28-15(2)12-33(25)13-18/h7-8,11-14,16-17,19,29H,4-6,9-10H2,1-3H3,(H,30,35). The normalized spacial score (nSPS) is 21.7. The van der Waals surface area contributed by atoms with Gasteiger partial charge >= 0.3 is 0 Å². The molecule has 0 radical (unpaired) electrons. The molecule has 6 rings (SSSR count). The molecule has 2 N–H and O–H groups in total. The van der Waals surface area contributed by atoms with Crippen LogP contribution in [0.2, 0.25) is 0 Å². The van der Waals surface area contributed by atoms with Crippen molar-refractivity contribution in [2.24, 2.45) is 0 Å². The van der Waals surface area contributed by atoms with Crippen LogP contribution in [0, 0.1) is 12.7 Å². The number of anilines is 2. The van der Waals surface area contributed by atoms with Gasteiger partial charge in [0.25, 0.3) is 5.91 Å². The van der Waals surface area contributed by atoms with Crippen LogP contribution in [-0.2, 0) is 6.54 Å². The lowest BCUT2D eigenvalue weighted by Gasteiger charge is -2.37. The van der Waals surface area contributed by atoms with E-state index in [0.717, 1.165) is 23.9 Å². The second kappa shape index (κ2) is 8.34. The first kappa shape index (κ1) is 22.0. The Hall–Kier alpha value is -3.46. The predicted octanol–water partition coefficient (Wildman–Crippen LogP) is 4.12. The minimum atomic E-state index is -0.482. The Morgan fingerprint density at radius 3 is 2.74 bits per heavy atom. The summed E-state index contributed by atoms with van der Waals surface area (Å²) in [6.07, 6.45) is 10.2. The van der Waals surface area contributed by atoms with E-state index in [-0.39, 0.29) is 11.6 Å². The summed E-state index contributed by atoms with van der Waals surface area (Å²) in [6, 6.07) is 6.80. The summed E-state index contributed by atoms with van der Waals surface area (Å²) in [7, 11) is 2.15. The molecule has 2 atom stereocenters. The SMILES string of the molecule is CCn1cc2c(N(C)C3CC4CCC(C3)N4)ccc(C(=O)Nc3cc(F)c4nc(C)cn4c3)c2n1. The van der Waals surface area contributed by atoms with E-state index in [1.54, 1.807) is 23.7 Å². The minimum absolute atomic E-state index is 0.239. The van der Waals surface area contributed by atoms with Gasteiger partial charge in [0.1, 0.15) is 5.52 Å². The predicted molar refractivity (Wildman–Crippen MR) is 135 cm³/mol. The number of benzene rings is 1. The van der Waals surface area contributed by atoms with Crippen LogP contribution in [0.15, 0.2) is 36.8 Å². The first-order valence-corrected chi connectivity index (χ1v) is 12.3. The number of carbonyl (C=O) groups excluding carboxylic acids is 1. The maximum atomic E-state index is 14.5. The van der Waals surface area contributed by atoms with E-state index in [1.165, 1.54) is 18.9 Å². The van der Waals surface area contributed by atoms with E-state index in [4.69, 9.17) is 5.10 Å². The zero-order chi connectivity index (χ0) is 24.3. The molecule has 0 spiro atoms. The highest BCUT2D eigenvalue weighted by molar-refractivity contribution is 6.13. The quantitative estimate of drug-likeness (QED) is 0.454. The average Bonchev–Trinajstić information content (AvgIpc) is 3.53. The first-order valence-electron chi connectivity index (χ1n) is 12.3. The fraction of sp³-hybridized carbons (Fsp3) is 0.423. The average molecular weight is 476 g/mol. The van der Waals surface area contributed by atoms with Crippen molar-refractivity contribution in [3.8, 4) is 0 Å². The molecule has 9 heteroatoms. The molecular formula is C26H30FN7O. The molecule has 2 aliphatic rings. The highest BCUT2D eigenvalue weighted by atomic mass is 19.1. The highest BCUT2D eigenvalue weighted by Gasteiger charge is 2.35. The molecule has 2 fully saturated rings. The number of halogens is 1. The van der Waals surface area contributed by atoms with Crippen molar-refractivity contribution < 1.29 is 9.18 Å². The van der Waals surface area contributed by atoms with Gasteiger partial charge in [0.15, 0.2) is 11.5 Å². The third-order valence-electron chi connectivity index (χ3n) is 7.53. The van der Waals surface area contributed by atoms with Gasteiger partial charge in [-0.15, -0.1) is 0 Å². The molecule has 1 aromatic carbocycles. The second-order valence-electron chi connectivity index (χ2n) is 9.90. The number of hydrogen-bond donors (Lipinski definition) is 2. The van der Waals surface area contributed by atoms with Gasteiger partial charge in [0.2, 0.25) is 0 Å². The van der Waals surface area contributed by atoms with Crippen molar-refractivity contribution in [3.05, 3.63) is 53.9 Å². The van der Waals surface area contributed by atoms with Gasteiger partial charge in [-0.2, -0.15) is 5.10 Å². The maximum absolute atomic E-state index is 14.5. The largest absolute Gasteiger partial charge is 0.371 e. The van der Waals surface area contributed by atoms with Crippen molar-refractivity contribution in [1.29, 1.82) is 0 Å². The number of amides is 1. The summed E-state index contributed by atoms with van der Waals surface area (Å²) in [5.74, 6) is -0.801. The molecule has 0 aliphatic carbocycles. The molecule has 2 bridgehead atoms. The van der Waals surface area contributed by atoms with Gasteiger partial charge in [0, 0.05) is 67.4 Å². The van der Waals surface area contributed by atoms with Crippen LogP contribution in [-0.4, -0.2) is 50.2 Å². The lowest BCUT2D eigenvalue weighted by molar-refractivity contribution is 0.102. The molecule has 0 saturated carbocycles. The van der Waals surface area contributed by atoms with Crippen molar-refractivity contribution in [1.82, 2.24) is 24.5 Å². The third-order valence-corrected chi connectivity index (χ3v) is 7.53. The number of nitrogens with zero attached hydrogens (tertiary/aromatic N) is 5. The molecule has 35 heavy (non-hydrogen) atoms. The summed E-state index contributed by atoms with van der Waals surface area (Å²) < 4.78 is 18.0. The topological polar surface area (TPSA) is 79.5 Å². The number of fused-ring (bicyclic) bond motifs is 4. The summed E-state index contributed by atoms with van der Waals surface area (Å²) in [4.78, 5) is 19.9. The Labute approximate surface area is 203 Å². The van der Waals surface area contributed by atoms with Crippen LogP contribution in [0.5, 0.6) is 0 Å². The number of carbonyl (C=O) groups is 1. The number of pyridine rings is 1. The van der Waals surface area contributed by atoms with Crippen LogP contribution in [0.1, 0.15) is 48.7 Å². The molecule has 4 aromatic rings. The molecular weight excluding hydrogens is 445 g/mol. The lowest BCUT2D eigenvalue weighted by atomic mass is 9.97. The van der Waals surface area contributed by atoms with E-state index < -0.39 is 5.82 Å². The van der Waals surface area contributed by atoms with Crippen LogP contribution in [0.3, 0.4) is 0 Å². The molecule has 2 unspecified atom stereocenters. The summed E-state index contributed by atoms with van der Waals surface area (Å²) in [6.45, 7) is 4.54. The van der Waals surface area contributed by atoms with Gasteiger partial charge in [-0.05, 0) is 51.7 Å². The molecule has 2 saturated heterocycles. The molecule has 8 nitrogen and oxygen atoms in total. The summed E-state index contributed by atoms with van der Waals surface area (Å²) in [5.41, 5.74) is 3.53. The lowest BCUT2D eigenvalue weighted by Crippen LogP contribution is -2.47. The fourth-order valence-corrected chi connectivity index (χ4v) is 5.78. The van der Waals surface area contributed by atoms with Gasteiger partial charge < -0.3 is 19.9 Å². The number of nitrogens with one attached hydrogen (secondary N) is 2. The zero-order valence-electron chi connectivity index (χ0n) is 20.3. The van der Waals surface area contributed by atoms with E-state index in [0.29, 0.717) is 47.1 Å². The molecule has 182 valence electrons. The number of aromatic nitrogens is 4. The molecule has 1 amide bonds. The highest BCUT2D eigenvalue weighted by Crippen LogP contribution is 2.35. The maximum Gasteiger partial charge on any atom is 0.257 e. The third kappa shape index (κ3) is 3.83. The van der Waals surface area contributed by atoms with Crippen molar-refractivity contribution in [2.45, 2.75) is 64.2 Å². The molecule has 3 aromatic heterocycles. The van der Waals surface area contributed by atoms with Gasteiger partial charge in [-0.1, -0.05) is 0 Å². The zero-order valence-corrected chi connectivity index (χ0v) is 20.3. The Morgan fingerprint density at radius 1 is 1.23 bits per heavy atom. The summed E-state index contributed by atoms with van der Waals surface area (Å²) in [5, 5.41) is 12.2. The van der Waals surface area contributed by atoms with Crippen LogP contribution in [0.4, 0.5) is 15.8 Å². The number of rotatable bonds is 5. The van der Waals surface area contributed by atoms with Crippen molar-refractivity contribution >= 4 is 33.8 Å². The number of aryl methyl sites for hydroxylation is 2. The molecule has 2 aliphatic heterocycles. The van der Waals surface area contributed by atoms with E-state index in [9.17, 15) is 9.18 Å². The van der Waals surface area contributed by atoms with Gasteiger partial charge in [0.05, 0.1) is 16.9 Å². The van der Waals surface area contributed by atoms with Gasteiger partial charge in [-0.25, -0.2) is 9.37 Å². The Kier molecular flexibility index (Phi) is 5.25. The molecule has 5 heterocycles. The van der Waals surface area contributed by atoms with E-state index in [1.807, 2.05) is 29.9 Å². The van der Waals surface area contributed by atoms with E-state index >= 15 is 0 Å². The Bertz CT molecular complexity index is 1430. The van der Waals surface area contributed by atoms with Crippen molar-refractivity contribution in [2.75, 3.05) is 17.3 Å². The smallest absolute Gasteiger partial charge is 0.257 e. The fourth-order valence-electron chi connectivity index (χ4n) is 5.78.